The van der Waals surface area contributed by atoms with Crippen LogP contribution in [0.25, 0.3) is 10.9 Å². The molecular weight excluding hydrogens is 621 g/mol. The SMILES string of the molecule is COc1cccc2[nH]c(C(=O)N[C@@H](CC(C)C)C(=O)N[C@@H](C[C@@H]3CCCNC3O)C(=O)COC(=O)C3(C(F)(F)F)CCCCC3)cc12. The first-order chi connectivity index (χ1) is 22.3. The minimum Gasteiger partial charge on any atom is -0.496 e. The van der Waals surface area contributed by atoms with Crippen LogP contribution < -0.4 is 20.7 Å². The number of Topliss-reactive ketones (excluding diaryl/α,β-unsaturated/α-hetero) is 1. The molecule has 2 aliphatic rings. The zero-order valence-corrected chi connectivity index (χ0v) is 27.0. The second-order valence-electron chi connectivity index (χ2n) is 13.0. The first-order valence-electron chi connectivity index (χ1n) is 16.2. The highest BCUT2D eigenvalue weighted by Gasteiger charge is 2.61. The van der Waals surface area contributed by atoms with Crippen molar-refractivity contribution in [3.05, 3.63) is 30.0 Å². The number of hydrogen-bond donors (Lipinski definition) is 5. The van der Waals surface area contributed by atoms with Crippen molar-refractivity contribution in [2.75, 3.05) is 20.3 Å². The van der Waals surface area contributed by atoms with Gasteiger partial charge in [-0.3, -0.25) is 24.5 Å². The third-order valence-electron chi connectivity index (χ3n) is 9.20. The van der Waals surface area contributed by atoms with E-state index in [0.29, 0.717) is 42.5 Å². The molecule has 11 nitrogen and oxygen atoms in total. The van der Waals surface area contributed by atoms with E-state index in [9.17, 15) is 37.5 Å². The molecule has 2 amide bonds. The number of fused-ring (bicyclic) bond motifs is 1. The fraction of sp³-hybridized carbons (Fsp3) is 0.636. The van der Waals surface area contributed by atoms with Crippen molar-refractivity contribution in [1.82, 2.24) is 20.9 Å². The number of carbonyl (C=O) groups excluding carboxylic acids is 4. The maximum absolute atomic E-state index is 14.1. The van der Waals surface area contributed by atoms with Gasteiger partial charge in [-0.15, -0.1) is 0 Å². The number of H-pyrrole nitrogens is 1. The first-order valence-corrected chi connectivity index (χ1v) is 16.2. The van der Waals surface area contributed by atoms with E-state index in [2.05, 4.69) is 20.9 Å². The number of nitrogens with one attached hydrogen (secondary N) is 4. The second kappa shape index (κ2) is 15.5. The Labute approximate surface area is 271 Å². The summed E-state index contributed by atoms with van der Waals surface area (Å²) in [7, 11) is 1.51. The molecule has 2 aromatic rings. The molecule has 5 N–H and O–H groups in total. The fourth-order valence-corrected chi connectivity index (χ4v) is 6.53. The number of hydrogen-bond acceptors (Lipinski definition) is 8. The topological polar surface area (TPSA) is 159 Å². The summed E-state index contributed by atoms with van der Waals surface area (Å²) in [4.78, 5) is 56.3. The molecule has 1 unspecified atom stereocenters. The van der Waals surface area contributed by atoms with Gasteiger partial charge in [0.15, 0.2) is 17.8 Å². The van der Waals surface area contributed by atoms with E-state index >= 15 is 0 Å². The van der Waals surface area contributed by atoms with Gasteiger partial charge in [-0.05, 0) is 69.2 Å². The molecule has 1 aromatic carbocycles. The Morgan fingerprint density at radius 3 is 2.43 bits per heavy atom. The summed E-state index contributed by atoms with van der Waals surface area (Å²) >= 11 is 0. The molecule has 0 radical (unpaired) electrons. The van der Waals surface area contributed by atoms with Crippen LogP contribution in [0.3, 0.4) is 0 Å². The largest absolute Gasteiger partial charge is 0.496 e. The second-order valence-corrected chi connectivity index (χ2v) is 13.0. The number of ketones is 1. The number of esters is 1. The standard InChI is InChI=1S/C33H45F3N4O7/c1-19(2)15-24(40-30(44)25-17-21-22(38-25)10-7-11-27(21)46-3)29(43)39-23(16-20-9-8-14-37-28(20)42)26(41)18-47-31(45)32(33(34,35)36)12-5-4-6-13-32/h7,10-11,17,19-20,23-24,28,37-38,42H,4-6,8-9,12-16,18H2,1-3H3,(H,39,43)(H,40,44)/t20-,23-,24-,28?/m0/s1. The van der Waals surface area contributed by atoms with E-state index < -0.39 is 78.8 Å². The van der Waals surface area contributed by atoms with Crippen LogP contribution in [-0.4, -0.2) is 78.4 Å². The molecule has 260 valence electrons. The molecule has 4 atom stereocenters. The lowest BCUT2D eigenvalue weighted by Gasteiger charge is -2.36. The van der Waals surface area contributed by atoms with Gasteiger partial charge < -0.3 is 30.2 Å². The van der Waals surface area contributed by atoms with E-state index in [-0.39, 0.29) is 37.3 Å². The highest BCUT2D eigenvalue weighted by Crippen LogP contribution is 2.49. The molecule has 0 spiro atoms. The molecule has 1 aromatic heterocycles. The monoisotopic (exact) mass is 666 g/mol. The number of carbonyl (C=O) groups is 4. The molecular formula is C33H45F3N4O7. The average Bonchev–Trinajstić information content (AvgIpc) is 3.48. The van der Waals surface area contributed by atoms with Gasteiger partial charge in [0.25, 0.3) is 5.91 Å². The number of aromatic amines is 1. The highest BCUT2D eigenvalue weighted by molar-refractivity contribution is 6.02. The zero-order valence-electron chi connectivity index (χ0n) is 27.0. The summed E-state index contributed by atoms with van der Waals surface area (Å²) in [5.74, 6) is -3.53. The maximum atomic E-state index is 14.1. The van der Waals surface area contributed by atoms with Crippen molar-refractivity contribution >= 4 is 34.5 Å². The van der Waals surface area contributed by atoms with E-state index in [1.54, 1.807) is 24.3 Å². The lowest BCUT2D eigenvalue weighted by molar-refractivity contribution is -0.242. The fourth-order valence-electron chi connectivity index (χ4n) is 6.53. The summed E-state index contributed by atoms with van der Waals surface area (Å²) in [6, 6.07) is 4.50. The third kappa shape index (κ3) is 8.64. The van der Waals surface area contributed by atoms with Crippen LogP contribution in [-0.2, 0) is 19.1 Å². The quantitative estimate of drug-likeness (QED) is 0.200. The Kier molecular flexibility index (Phi) is 11.9. The van der Waals surface area contributed by atoms with E-state index in [4.69, 9.17) is 9.47 Å². The molecule has 2 fully saturated rings. The number of amides is 2. The molecule has 2 heterocycles. The summed E-state index contributed by atoms with van der Waals surface area (Å²) in [6.07, 6.45) is -4.26. The lowest BCUT2D eigenvalue weighted by atomic mass is 9.73. The molecule has 1 aliphatic heterocycles. The van der Waals surface area contributed by atoms with Crippen molar-refractivity contribution in [2.45, 2.75) is 96.1 Å². The van der Waals surface area contributed by atoms with Crippen LogP contribution in [0.15, 0.2) is 24.3 Å². The minimum atomic E-state index is -4.84. The molecule has 0 bridgehead atoms. The van der Waals surface area contributed by atoms with Gasteiger partial charge in [-0.2, -0.15) is 13.2 Å². The van der Waals surface area contributed by atoms with E-state index in [1.165, 1.54) is 7.11 Å². The van der Waals surface area contributed by atoms with Gasteiger partial charge in [0.2, 0.25) is 5.91 Å². The number of aliphatic hydroxyl groups excluding tert-OH is 1. The lowest BCUT2D eigenvalue weighted by Crippen LogP contribution is -2.54. The van der Waals surface area contributed by atoms with Crippen LogP contribution in [0, 0.1) is 17.3 Å². The summed E-state index contributed by atoms with van der Waals surface area (Å²) in [6.45, 7) is 3.29. The Bertz CT molecular complexity index is 1420. The third-order valence-corrected chi connectivity index (χ3v) is 9.20. The number of rotatable bonds is 13. The summed E-state index contributed by atoms with van der Waals surface area (Å²) in [5.41, 5.74) is -1.84. The Morgan fingerprint density at radius 1 is 1.06 bits per heavy atom. The Morgan fingerprint density at radius 2 is 1.79 bits per heavy atom. The van der Waals surface area contributed by atoms with Crippen molar-refractivity contribution in [3.63, 3.8) is 0 Å². The molecule has 1 aliphatic carbocycles. The Balaban J connectivity index is 1.51. The van der Waals surface area contributed by atoms with Crippen LogP contribution in [0.5, 0.6) is 5.75 Å². The first kappa shape index (κ1) is 36.2. The predicted molar refractivity (Wildman–Crippen MR) is 166 cm³/mol. The van der Waals surface area contributed by atoms with Crippen LogP contribution >= 0.6 is 0 Å². The van der Waals surface area contributed by atoms with Crippen LogP contribution in [0.2, 0.25) is 0 Å². The summed E-state index contributed by atoms with van der Waals surface area (Å²) in [5, 5.41) is 19.5. The number of aliphatic hydroxyl groups is 1. The molecule has 4 rings (SSSR count). The number of piperidine rings is 1. The van der Waals surface area contributed by atoms with Crippen molar-refractivity contribution in [3.8, 4) is 5.75 Å². The highest BCUT2D eigenvalue weighted by atomic mass is 19.4. The van der Waals surface area contributed by atoms with Gasteiger partial charge in [-0.1, -0.05) is 39.2 Å². The van der Waals surface area contributed by atoms with Crippen LogP contribution in [0.1, 0.15) is 82.1 Å². The Hall–Kier alpha value is -3.65. The minimum absolute atomic E-state index is 0.0507. The number of aromatic nitrogens is 1. The number of methoxy groups -OCH3 is 1. The number of benzene rings is 1. The maximum Gasteiger partial charge on any atom is 0.404 e. The van der Waals surface area contributed by atoms with Gasteiger partial charge in [0, 0.05) is 16.8 Å². The van der Waals surface area contributed by atoms with Gasteiger partial charge in [-0.25, -0.2) is 0 Å². The smallest absolute Gasteiger partial charge is 0.404 e. The van der Waals surface area contributed by atoms with Gasteiger partial charge >= 0.3 is 12.1 Å². The number of ether oxygens (including phenoxy) is 2. The molecule has 14 heteroatoms. The summed E-state index contributed by atoms with van der Waals surface area (Å²) < 4.78 is 52.5. The zero-order chi connectivity index (χ0) is 34.4. The van der Waals surface area contributed by atoms with E-state index in [0.717, 1.165) is 0 Å². The molecule has 47 heavy (non-hydrogen) atoms. The van der Waals surface area contributed by atoms with Crippen molar-refractivity contribution in [1.29, 1.82) is 0 Å². The molecule has 1 saturated heterocycles. The normalized spacial score (nSPS) is 21.1. The van der Waals surface area contributed by atoms with Crippen molar-refractivity contribution < 1.29 is 46.9 Å². The van der Waals surface area contributed by atoms with E-state index in [1.807, 2.05) is 13.8 Å². The van der Waals surface area contributed by atoms with Gasteiger partial charge in [0.1, 0.15) is 23.7 Å². The van der Waals surface area contributed by atoms with Gasteiger partial charge in [0.05, 0.1) is 13.2 Å². The van der Waals surface area contributed by atoms with Crippen LogP contribution in [0.4, 0.5) is 13.2 Å². The number of halogens is 3. The van der Waals surface area contributed by atoms with Crippen molar-refractivity contribution in [2.24, 2.45) is 17.3 Å². The predicted octanol–water partition coefficient (Wildman–Crippen LogP) is 4.14. The molecule has 1 saturated carbocycles. The average molecular weight is 667 g/mol. The number of alkyl halides is 3.